The zero-order chi connectivity index (χ0) is 4.41. The van der Waals surface area contributed by atoms with E-state index in [1.807, 2.05) is 6.92 Å². The normalized spacial score (nSPS) is 16.1. The summed E-state index contributed by atoms with van der Waals surface area (Å²) in [6.45, 7) is 2.88. The third-order valence-corrected chi connectivity index (χ3v) is 0.803. The van der Waals surface area contributed by atoms with Crippen LogP contribution in [0.4, 0.5) is 0 Å². The van der Waals surface area contributed by atoms with Crippen LogP contribution in [0.25, 0.3) is 0 Å². The maximum atomic E-state index is 5.07. The van der Waals surface area contributed by atoms with Crippen molar-refractivity contribution in [3.8, 4) is 0 Å². The van der Waals surface area contributed by atoms with Crippen molar-refractivity contribution >= 4 is 23.1 Å². The van der Waals surface area contributed by atoms with Crippen molar-refractivity contribution in [2.45, 2.75) is 19.8 Å². The van der Waals surface area contributed by atoms with Gasteiger partial charge in [0.1, 0.15) is 0 Å². The molecule has 1 saturated carbocycles. The van der Waals surface area contributed by atoms with Crippen LogP contribution in [0.3, 0.4) is 0 Å². The van der Waals surface area contributed by atoms with Gasteiger partial charge < -0.3 is 21.7 Å². The molecule has 0 saturated heterocycles. The fourth-order valence-electron chi connectivity index (χ4n) is 0.399. The molecule has 1 nitrogen and oxygen atoms in total. The van der Waals surface area contributed by atoms with Crippen molar-refractivity contribution in [3.63, 3.8) is 0 Å². The van der Waals surface area contributed by atoms with Crippen molar-refractivity contribution < 1.29 is 21.7 Å². The SMILES string of the molecule is CCO[C-]1CC1.[Br-].[Mg+2]. The van der Waals surface area contributed by atoms with E-state index in [0.717, 1.165) is 6.61 Å². The van der Waals surface area contributed by atoms with Crippen LogP contribution in [0.5, 0.6) is 0 Å². The molecule has 0 N–H and O–H groups in total. The first kappa shape index (κ1) is 11.9. The molecule has 0 amide bonds. The molecular weight excluding hydrogens is 180 g/mol. The number of hydrogen-bond donors (Lipinski definition) is 0. The van der Waals surface area contributed by atoms with E-state index in [9.17, 15) is 0 Å². The third-order valence-electron chi connectivity index (χ3n) is 0.803. The van der Waals surface area contributed by atoms with Crippen LogP contribution in [0.1, 0.15) is 19.8 Å². The minimum atomic E-state index is 0. The molecule has 0 aliphatic heterocycles. The summed E-state index contributed by atoms with van der Waals surface area (Å²) in [7, 11) is 0. The van der Waals surface area contributed by atoms with Gasteiger partial charge in [0.15, 0.2) is 0 Å². The third kappa shape index (κ3) is 5.35. The molecule has 1 rings (SSSR count). The molecule has 1 aliphatic carbocycles. The Bertz CT molecular complexity index is 47.7. The van der Waals surface area contributed by atoms with Crippen LogP contribution in [-0.4, -0.2) is 29.7 Å². The summed E-state index contributed by atoms with van der Waals surface area (Å²) in [6, 6.07) is 0. The van der Waals surface area contributed by atoms with E-state index < -0.39 is 0 Å². The van der Waals surface area contributed by atoms with Crippen molar-refractivity contribution in [2.75, 3.05) is 6.61 Å². The molecule has 0 aromatic heterocycles. The fraction of sp³-hybridized carbons (Fsp3) is 0.800. The molecule has 8 heavy (non-hydrogen) atoms. The Morgan fingerprint density at radius 1 is 1.50 bits per heavy atom. The molecule has 0 bridgehead atoms. The molecule has 0 atom stereocenters. The molecule has 1 aliphatic rings. The minimum absolute atomic E-state index is 0. The van der Waals surface area contributed by atoms with Gasteiger partial charge >= 0.3 is 23.1 Å². The largest absolute Gasteiger partial charge is 2.00 e. The zero-order valence-electron chi connectivity index (χ0n) is 5.11. The van der Waals surface area contributed by atoms with Crippen molar-refractivity contribution in [2.24, 2.45) is 0 Å². The maximum Gasteiger partial charge on any atom is 2.00 e. The molecule has 0 aromatic rings. The van der Waals surface area contributed by atoms with Gasteiger partial charge in [0.2, 0.25) is 0 Å². The van der Waals surface area contributed by atoms with E-state index in [2.05, 4.69) is 0 Å². The second-order valence-electron chi connectivity index (χ2n) is 1.47. The van der Waals surface area contributed by atoms with Crippen LogP contribution in [0, 0.1) is 6.10 Å². The smallest absolute Gasteiger partial charge is 1.00 e. The summed E-state index contributed by atoms with van der Waals surface area (Å²) in [6.07, 6.45) is 3.72. The second-order valence-corrected chi connectivity index (χ2v) is 1.47. The Kier molecular flexibility index (Phi) is 9.44. The van der Waals surface area contributed by atoms with Crippen LogP contribution >= 0.6 is 0 Å². The zero-order valence-corrected chi connectivity index (χ0v) is 8.11. The Balaban J connectivity index is 0. The van der Waals surface area contributed by atoms with E-state index in [1.54, 1.807) is 0 Å². The summed E-state index contributed by atoms with van der Waals surface area (Å²) >= 11 is 0. The molecule has 0 radical (unpaired) electrons. The summed E-state index contributed by atoms with van der Waals surface area (Å²) in [4.78, 5) is 0. The molecule has 0 heterocycles. The molecule has 1 fully saturated rings. The van der Waals surface area contributed by atoms with Crippen molar-refractivity contribution in [3.05, 3.63) is 6.10 Å². The van der Waals surface area contributed by atoms with E-state index in [-0.39, 0.29) is 40.0 Å². The number of hydrogen-bond acceptors (Lipinski definition) is 1. The van der Waals surface area contributed by atoms with Crippen molar-refractivity contribution in [1.29, 1.82) is 0 Å². The van der Waals surface area contributed by atoms with Gasteiger partial charge in [-0.2, -0.15) is 12.8 Å². The van der Waals surface area contributed by atoms with Crippen LogP contribution < -0.4 is 17.0 Å². The van der Waals surface area contributed by atoms with Crippen LogP contribution in [0.15, 0.2) is 0 Å². The van der Waals surface area contributed by atoms with Crippen LogP contribution in [-0.2, 0) is 4.74 Å². The predicted molar refractivity (Wildman–Crippen MR) is 29.9 cm³/mol. The summed E-state index contributed by atoms with van der Waals surface area (Å²) in [5.74, 6) is 0. The van der Waals surface area contributed by atoms with Gasteiger partial charge in [0.25, 0.3) is 0 Å². The van der Waals surface area contributed by atoms with E-state index in [0.29, 0.717) is 0 Å². The van der Waals surface area contributed by atoms with Gasteiger partial charge in [-0.3, -0.25) is 0 Å². The molecular formula is C5H9BrMgO. The monoisotopic (exact) mass is 188 g/mol. The average molecular weight is 189 g/mol. The number of halogens is 1. The Hall–Kier alpha value is 1.21. The van der Waals surface area contributed by atoms with E-state index in [4.69, 9.17) is 4.74 Å². The predicted octanol–water partition coefficient (Wildman–Crippen LogP) is -2.03. The summed E-state index contributed by atoms with van der Waals surface area (Å²) in [5, 5.41) is 0. The van der Waals surface area contributed by atoms with Gasteiger partial charge in [-0.1, -0.05) is 0 Å². The Morgan fingerprint density at radius 2 is 2.00 bits per heavy atom. The summed E-state index contributed by atoms with van der Waals surface area (Å²) in [5.41, 5.74) is 0. The standard InChI is InChI=1S/C5H9O.BrH.Mg/c1-2-6-5-3-4-5;;/h2-4H2,1H3;1H;/q-1;;+2/p-1. The molecule has 44 valence electrons. The van der Waals surface area contributed by atoms with E-state index in [1.165, 1.54) is 18.9 Å². The first-order valence-corrected chi connectivity index (χ1v) is 2.41. The van der Waals surface area contributed by atoms with Gasteiger partial charge in [0, 0.05) is 6.61 Å². The number of ether oxygens (including phenoxy) is 1. The van der Waals surface area contributed by atoms with Gasteiger partial charge in [-0.25, -0.2) is 6.10 Å². The van der Waals surface area contributed by atoms with Gasteiger partial charge in [0.05, 0.1) is 0 Å². The maximum absolute atomic E-state index is 5.07. The first-order valence-electron chi connectivity index (χ1n) is 2.41. The molecule has 0 spiro atoms. The molecule has 0 aromatic carbocycles. The Labute approximate surface area is 77.1 Å². The Morgan fingerprint density at radius 3 is 2.12 bits per heavy atom. The molecule has 0 unspecified atom stereocenters. The fourth-order valence-corrected chi connectivity index (χ4v) is 0.399. The quantitative estimate of drug-likeness (QED) is 0.360. The summed E-state index contributed by atoms with van der Waals surface area (Å²) < 4.78 is 5.07. The van der Waals surface area contributed by atoms with Gasteiger partial charge in [-0.05, 0) is 6.92 Å². The first-order chi connectivity index (χ1) is 2.93. The van der Waals surface area contributed by atoms with Crippen LogP contribution in [0.2, 0.25) is 0 Å². The topological polar surface area (TPSA) is 9.23 Å². The minimum Gasteiger partial charge on any atom is -1.00 e. The van der Waals surface area contributed by atoms with Gasteiger partial charge in [-0.15, -0.1) is 0 Å². The van der Waals surface area contributed by atoms with E-state index >= 15 is 0 Å². The average Bonchev–Trinajstić information content (AvgIpc) is 2.21. The van der Waals surface area contributed by atoms with Crippen molar-refractivity contribution in [1.82, 2.24) is 0 Å². The second kappa shape index (κ2) is 6.33. The number of rotatable bonds is 2. The molecule has 3 heteroatoms.